The minimum atomic E-state index is -0.775. The van der Waals surface area contributed by atoms with Gasteiger partial charge in [0, 0.05) is 6.42 Å². The molecule has 0 aliphatic carbocycles. The first-order valence-electron chi connectivity index (χ1n) is 21.8. The summed E-state index contributed by atoms with van der Waals surface area (Å²) in [5, 5.41) is 23.5. The molecule has 292 valence electrons. The average Bonchev–Trinajstić information content (AvgIpc) is 3.09. The lowest BCUT2D eigenvalue weighted by Gasteiger charge is -2.24. The molecule has 0 aromatic heterocycles. The van der Waals surface area contributed by atoms with Crippen molar-refractivity contribution in [3.8, 4) is 0 Å². The Morgan fingerprint density at radius 1 is 0.510 bits per heavy atom. The third kappa shape index (κ3) is 33.7. The van der Waals surface area contributed by atoms with Crippen LogP contribution in [0.3, 0.4) is 0 Å². The first-order valence-corrected chi connectivity index (χ1v) is 21.8. The molecule has 0 aromatic rings. The van der Waals surface area contributed by atoms with Crippen LogP contribution >= 0.6 is 0 Å². The average molecular weight is 696 g/mol. The normalized spacial score (nSPS) is 13.3. The fourth-order valence-electron chi connectivity index (χ4n) is 6.84. The molecule has 0 aromatic carbocycles. The summed E-state index contributed by atoms with van der Waals surface area (Å²) in [6, 6.07) is -0.688. The van der Waals surface area contributed by atoms with Crippen molar-refractivity contribution in [1.82, 2.24) is 5.32 Å². The third-order valence-electron chi connectivity index (χ3n) is 10.2. The largest absolute Gasteiger partial charge is 0.462 e. The van der Waals surface area contributed by atoms with Gasteiger partial charge in [-0.3, -0.25) is 9.59 Å². The number of nitrogens with one attached hydrogen (secondary N) is 1. The zero-order valence-electron chi connectivity index (χ0n) is 33.1. The van der Waals surface area contributed by atoms with E-state index in [2.05, 4.69) is 26.1 Å². The molecule has 0 aliphatic rings. The second kappa shape index (κ2) is 38.1. The number of hydrogen-bond donors (Lipinski definition) is 3. The monoisotopic (exact) mass is 696 g/mol. The van der Waals surface area contributed by atoms with Crippen LogP contribution in [0.1, 0.15) is 239 Å². The molecule has 6 heteroatoms. The molecule has 0 saturated heterocycles. The Bertz CT molecular complexity index is 702. The number of hydrogen-bond acceptors (Lipinski definition) is 5. The van der Waals surface area contributed by atoms with Crippen molar-refractivity contribution in [2.75, 3.05) is 6.61 Å². The van der Waals surface area contributed by atoms with Crippen molar-refractivity contribution in [2.24, 2.45) is 0 Å². The van der Waals surface area contributed by atoms with Crippen LogP contribution < -0.4 is 5.32 Å². The van der Waals surface area contributed by atoms with E-state index >= 15 is 0 Å². The molecular weight excluding hydrogens is 610 g/mol. The summed E-state index contributed by atoms with van der Waals surface area (Å²) in [6.45, 7) is 6.44. The van der Waals surface area contributed by atoms with E-state index < -0.39 is 18.2 Å². The van der Waals surface area contributed by atoms with E-state index in [9.17, 15) is 19.8 Å². The van der Waals surface area contributed by atoms with E-state index in [0.717, 1.165) is 44.9 Å². The Balaban J connectivity index is 4.48. The zero-order chi connectivity index (χ0) is 36.0. The van der Waals surface area contributed by atoms with E-state index in [4.69, 9.17) is 4.74 Å². The SMILES string of the molecule is CCCCCCCCCCCCCCCC(=O)OC(CCCCCCCCCC)CC(=O)NC(CO)C(O)CCCCCCCCCCC. The summed E-state index contributed by atoms with van der Waals surface area (Å²) in [5.41, 5.74) is 0. The van der Waals surface area contributed by atoms with E-state index in [1.165, 1.54) is 148 Å². The van der Waals surface area contributed by atoms with Crippen LogP contribution in [0.5, 0.6) is 0 Å². The highest BCUT2D eigenvalue weighted by atomic mass is 16.5. The number of carbonyl (C=O) groups excluding carboxylic acids is 2. The summed E-state index contributed by atoms with van der Waals surface area (Å²) >= 11 is 0. The van der Waals surface area contributed by atoms with Gasteiger partial charge in [0.2, 0.25) is 5.91 Å². The van der Waals surface area contributed by atoms with Crippen LogP contribution in [0, 0.1) is 0 Å². The number of ether oxygens (including phenoxy) is 1. The van der Waals surface area contributed by atoms with Gasteiger partial charge < -0.3 is 20.3 Å². The lowest BCUT2D eigenvalue weighted by molar-refractivity contribution is -0.151. The smallest absolute Gasteiger partial charge is 0.306 e. The zero-order valence-corrected chi connectivity index (χ0v) is 33.1. The molecule has 0 fully saturated rings. The lowest BCUT2D eigenvalue weighted by atomic mass is 10.0. The van der Waals surface area contributed by atoms with Crippen LogP contribution in [0.25, 0.3) is 0 Å². The topological polar surface area (TPSA) is 95.9 Å². The quantitative estimate of drug-likeness (QED) is 0.0439. The van der Waals surface area contributed by atoms with E-state index in [-0.39, 0.29) is 24.9 Å². The molecule has 0 aliphatic heterocycles. The molecule has 0 heterocycles. The van der Waals surface area contributed by atoms with Gasteiger partial charge in [0.25, 0.3) is 0 Å². The lowest BCUT2D eigenvalue weighted by Crippen LogP contribution is -2.46. The van der Waals surface area contributed by atoms with E-state index in [1.807, 2.05) is 0 Å². The summed E-state index contributed by atoms with van der Waals surface area (Å²) in [6.07, 6.45) is 37.4. The van der Waals surface area contributed by atoms with E-state index in [1.54, 1.807) is 0 Å². The second-order valence-electron chi connectivity index (χ2n) is 15.1. The maximum atomic E-state index is 13.0. The highest BCUT2D eigenvalue weighted by Gasteiger charge is 2.24. The van der Waals surface area contributed by atoms with Gasteiger partial charge in [-0.25, -0.2) is 0 Å². The van der Waals surface area contributed by atoms with Crippen molar-refractivity contribution >= 4 is 11.9 Å². The first kappa shape index (κ1) is 47.9. The van der Waals surface area contributed by atoms with Gasteiger partial charge in [-0.05, 0) is 25.7 Å². The number of rotatable bonds is 39. The van der Waals surface area contributed by atoms with Gasteiger partial charge in [0.1, 0.15) is 6.10 Å². The molecule has 3 atom stereocenters. The fourth-order valence-corrected chi connectivity index (χ4v) is 6.84. The molecule has 3 unspecified atom stereocenters. The van der Waals surface area contributed by atoms with Crippen LogP contribution in [0.4, 0.5) is 0 Å². The van der Waals surface area contributed by atoms with Gasteiger partial charge in [0.15, 0.2) is 0 Å². The summed E-state index contributed by atoms with van der Waals surface area (Å²) < 4.78 is 5.87. The number of aliphatic hydroxyl groups is 2. The summed E-state index contributed by atoms with van der Waals surface area (Å²) in [5.74, 6) is -0.465. The van der Waals surface area contributed by atoms with Gasteiger partial charge in [0.05, 0.1) is 25.2 Å². The molecular formula is C43H85NO5. The standard InChI is InChI=1S/C43H85NO5/c1-4-7-10-13-16-19-20-21-22-24-27-30-33-36-43(48)49-39(34-31-28-25-18-15-12-9-6-3)37-42(47)44-40(38-45)41(46)35-32-29-26-23-17-14-11-8-5-2/h39-41,45-46H,4-38H2,1-3H3,(H,44,47). The minimum Gasteiger partial charge on any atom is -0.462 e. The molecule has 6 nitrogen and oxygen atoms in total. The summed E-state index contributed by atoms with van der Waals surface area (Å²) in [7, 11) is 0. The molecule has 0 spiro atoms. The van der Waals surface area contributed by atoms with Crippen LogP contribution in [0.15, 0.2) is 0 Å². The number of unbranched alkanes of at least 4 members (excludes halogenated alkanes) is 27. The third-order valence-corrected chi connectivity index (χ3v) is 10.2. The van der Waals surface area contributed by atoms with Gasteiger partial charge in [-0.15, -0.1) is 0 Å². The maximum Gasteiger partial charge on any atom is 0.306 e. The Labute approximate surface area is 305 Å². The maximum absolute atomic E-state index is 13.0. The molecule has 0 saturated carbocycles. The highest BCUT2D eigenvalue weighted by Crippen LogP contribution is 2.18. The van der Waals surface area contributed by atoms with Gasteiger partial charge in [-0.2, -0.15) is 0 Å². The number of esters is 1. The van der Waals surface area contributed by atoms with Crippen molar-refractivity contribution in [3.05, 3.63) is 0 Å². The highest BCUT2D eigenvalue weighted by molar-refractivity contribution is 5.77. The van der Waals surface area contributed by atoms with Gasteiger partial charge in [-0.1, -0.05) is 201 Å². The Morgan fingerprint density at radius 3 is 1.24 bits per heavy atom. The molecule has 0 radical (unpaired) electrons. The predicted octanol–water partition coefficient (Wildman–Crippen LogP) is 12.1. The second-order valence-corrected chi connectivity index (χ2v) is 15.1. The predicted molar refractivity (Wildman–Crippen MR) is 209 cm³/mol. The Kier molecular flexibility index (Phi) is 37.2. The van der Waals surface area contributed by atoms with Crippen molar-refractivity contribution in [2.45, 2.75) is 257 Å². The van der Waals surface area contributed by atoms with Crippen molar-refractivity contribution in [1.29, 1.82) is 0 Å². The fraction of sp³-hybridized carbons (Fsp3) is 0.953. The molecule has 3 N–H and O–H groups in total. The number of amides is 1. The number of aliphatic hydroxyl groups excluding tert-OH is 2. The minimum absolute atomic E-state index is 0.0854. The number of carbonyl (C=O) groups is 2. The summed E-state index contributed by atoms with van der Waals surface area (Å²) in [4.78, 5) is 25.8. The molecule has 0 bridgehead atoms. The molecule has 0 rings (SSSR count). The molecule has 49 heavy (non-hydrogen) atoms. The molecule has 1 amide bonds. The Morgan fingerprint density at radius 2 is 0.857 bits per heavy atom. The first-order chi connectivity index (χ1) is 24.0. The van der Waals surface area contributed by atoms with E-state index in [0.29, 0.717) is 19.3 Å². The van der Waals surface area contributed by atoms with Crippen LogP contribution in [-0.2, 0) is 14.3 Å². The van der Waals surface area contributed by atoms with Crippen molar-refractivity contribution in [3.63, 3.8) is 0 Å². The van der Waals surface area contributed by atoms with Crippen LogP contribution in [0.2, 0.25) is 0 Å². The van der Waals surface area contributed by atoms with Gasteiger partial charge >= 0.3 is 5.97 Å². The van der Waals surface area contributed by atoms with Crippen molar-refractivity contribution < 1.29 is 24.5 Å². The Hall–Kier alpha value is -1.14. The van der Waals surface area contributed by atoms with Crippen LogP contribution in [-0.4, -0.2) is 46.9 Å².